The molecule has 0 aliphatic rings. The number of rotatable bonds is 2. The van der Waals surface area contributed by atoms with Crippen LogP contribution in [0.1, 0.15) is 35.9 Å². The molecule has 6 heteroatoms. The molecule has 2 aromatic heterocycles. The highest BCUT2D eigenvalue weighted by Gasteiger charge is 2.12. The predicted molar refractivity (Wildman–Crippen MR) is 51.8 cm³/mol. The summed E-state index contributed by atoms with van der Waals surface area (Å²) in [4.78, 5) is 18.4. The van der Waals surface area contributed by atoms with E-state index in [4.69, 9.17) is 5.11 Å². The number of hydrogen-bond donors (Lipinski definition) is 1. The highest BCUT2D eigenvalue weighted by atomic mass is 16.4. The first-order valence-corrected chi connectivity index (χ1v) is 4.53. The maximum absolute atomic E-state index is 10.6. The first-order chi connectivity index (χ1) is 7.08. The largest absolute Gasteiger partial charge is 0.475 e. The SMILES string of the molecule is CC(C)c1cnc2nc(C(=O)O)nn2c1. The van der Waals surface area contributed by atoms with Gasteiger partial charge in [0.15, 0.2) is 0 Å². The number of nitrogens with zero attached hydrogens (tertiary/aromatic N) is 4. The van der Waals surface area contributed by atoms with Crippen molar-refractivity contribution in [1.29, 1.82) is 0 Å². The van der Waals surface area contributed by atoms with Gasteiger partial charge in [0, 0.05) is 12.4 Å². The summed E-state index contributed by atoms with van der Waals surface area (Å²) < 4.78 is 1.39. The fourth-order valence-electron chi connectivity index (χ4n) is 1.19. The van der Waals surface area contributed by atoms with Crippen molar-refractivity contribution in [1.82, 2.24) is 19.6 Å². The zero-order valence-electron chi connectivity index (χ0n) is 8.38. The van der Waals surface area contributed by atoms with E-state index in [1.807, 2.05) is 13.8 Å². The molecule has 2 aromatic rings. The second-order valence-electron chi connectivity index (χ2n) is 3.53. The normalized spacial score (nSPS) is 11.1. The van der Waals surface area contributed by atoms with Gasteiger partial charge in [-0.3, -0.25) is 0 Å². The first-order valence-electron chi connectivity index (χ1n) is 4.53. The Morgan fingerprint density at radius 1 is 1.53 bits per heavy atom. The maximum Gasteiger partial charge on any atom is 0.375 e. The Kier molecular flexibility index (Phi) is 2.11. The fourth-order valence-corrected chi connectivity index (χ4v) is 1.19. The Hall–Kier alpha value is -1.98. The molecule has 0 bridgehead atoms. The van der Waals surface area contributed by atoms with Gasteiger partial charge in [-0.1, -0.05) is 13.8 Å². The van der Waals surface area contributed by atoms with E-state index in [0.29, 0.717) is 11.7 Å². The van der Waals surface area contributed by atoms with Crippen LogP contribution in [0.4, 0.5) is 0 Å². The molecule has 0 aromatic carbocycles. The Morgan fingerprint density at radius 3 is 2.87 bits per heavy atom. The van der Waals surface area contributed by atoms with Crippen LogP contribution in [0, 0.1) is 0 Å². The second-order valence-corrected chi connectivity index (χ2v) is 3.53. The third-order valence-corrected chi connectivity index (χ3v) is 2.07. The topological polar surface area (TPSA) is 80.4 Å². The molecule has 2 heterocycles. The molecule has 0 spiro atoms. The van der Waals surface area contributed by atoms with Gasteiger partial charge in [0.1, 0.15) is 0 Å². The smallest absolute Gasteiger partial charge is 0.375 e. The number of carbonyl (C=O) groups is 1. The molecular weight excluding hydrogens is 196 g/mol. The van der Waals surface area contributed by atoms with Crippen LogP contribution < -0.4 is 0 Å². The fraction of sp³-hybridized carbons (Fsp3) is 0.333. The van der Waals surface area contributed by atoms with Crippen molar-refractivity contribution in [2.75, 3.05) is 0 Å². The lowest BCUT2D eigenvalue weighted by Gasteiger charge is -2.02. The standard InChI is InChI=1S/C9H10N4O2/c1-5(2)6-3-10-9-11-7(8(14)15)12-13(9)4-6/h3-5H,1-2H3,(H,14,15). The monoisotopic (exact) mass is 206 g/mol. The van der Waals surface area contributed by atoms with Crippen LogP contribution in [-0.4, -0.2) is 30.7 Å². The molecule has 1 N–H and O–H groups in total. The molecule has 0 atom stereocenters. The van der Waals surface area contributed by atoms with Gasteiger partial charge in [0.2, 0.25) is 0 Å². The minimum Gasteiger partial charge on any atom is -0.475 e. The molecule has 0 fully saturated rings. The number of hydrogen-bond acceptors (Lipinski definition) is 4. The van der Waals surface area contributed by atoms with Crippen molar-refractivity contribution in [2.45, 2.75) is 19.8 Å². The molecule has 0 saturated heterocycles. The summed E-state index contributed by atoms with van der Waals surface area (Å²) in [6.07, 6.45) is 3.42. The second kappa shape index (κ2) is 3.30. The van der Waals surface area contributed by atoms with E-state index in [-0.39, 0.29) is 5.82 Å². The Balaban J connectivity index is 2.57. The van der Waals surface area contributed by atoms with Crippen LogP contribution >= 0.6 is 0 Å². The average Bonchev–Trinajstić information content (AvgIpc) is 2.59. The molecular formula is C9H10N4O2. The highest BCUT2D eigenvalue weighted by molar-refractivity contribution is 5.83. The molecule has 0 aliphatic carbocycles. The summed E-state index contributed by atoms with van der Waals surface area (Å²) in [6.45, 7) is 4.05. The van der Waals surface area contributed by atoms with Crippen molar-refractivity contribution in [3.63, 3.8) is 0 Å². The minimum atomic E-state index is -1.15. The van der Waals surface area contributed by atoms with Gasteiger partial charge >= 0.3 is 5.97 Å². The van der Waals surface area contributed by atoms with Crippen molar-refractivity contribution >= 4 is 11.7 Å². The first kappa shape index (κ1) is 9.57. The lowest BCUT2D eigenvalue weighted by Crippen LogP contribution is -1.99. The van der Waals surface area contributed by atoms with Crippen LogP contribution in [0.2, 0.25) is 0 Å². The summed E-state index contributed by atoms with van der Waals surface area (Å²) in [7, 11) is 0. The van der Waals surface area contributed by atoms with E-state index < -0.39 is 5.97 Å². The van der Waals surface area contributed by atoms with Gasteiger partial charge in [0.05, 0.1) is 0 Å². The number of carboxylic acid groups (broad SMARTS) is 1. The predicted octanol–water partition coefficient (Wildman–Crippen LogP) is 0.946. The number of fused-ring (bicyclic) bond motifs is 1. The van der Waals surface area contributed by atoms with E-state index in [1.165, 1.54) is 4.52 Å². The van der Waals surface area contributed by atoms with Gasteiger partial charge in [-0.25, -0.2) is 14.3 Å². The Bertz CT molecular complexity index is 518. The Labute approximate surface area is 85.6 Å². The van der Waals surface area contributed by atoms with Crippen LogP contribution in [-0.2, 0) is 0 Å². The van der Waals surface area contributed by atoms with Crippen molar-refractivity contribution in [3.8, 4) is 0 Å². The maximum atomic E-state index is 10.6. The van der Waals surface area contributed by atoms with Gasteiger partial charge in [-0.05, 0) is 11.5 Å². The molecule has 78 valence electrons. The van der Waals surface area contributed by atoms with Gasteiger partial charge in [0.25, 0.3) is 11.6 Å². The molecule has 0 unspecified atom stereocenters. The van der Waals surface area contributed by atoms with Gasteiger partial charge in [-0.15, -0.1) is 5.10 Å². The van der Waals surface area contributed by atoms with Crippen molar-refractivity contribution in [3.05, 3.63) is 23.8 Å². The van der Waals surface area contributed by atoms with E-state index in [1.54, 1.807) is 12.4 Å². The molecule has 0 radical (unpaired) electrons. The molecule has 2 rings (SSSR count). The zero-order valence-corrected chi connectivity index (χ0v) is 8.38. The summed E-state index contributed by atoms with van der Waals surface area (Å²) in [5.74, 6) is -0.758. The van der Waals surface area contributed by atoms with Gasteiger partial charge in [-0.2, -0.15) is 4.98 Å². The molecule has 0 aliphatic heterocycles. The average molecular weight is 206 g/mol. The van der Waals surface area contributed by atoms with Gasteiger partial charge < -0.3 is 5.11 Å². The number of aromatic nitrogens is 4. The zero-order chi connectivity index (χ0) is 11.0. The van der Waals surface area contributed by atoms with Crippen molar-refractivity contribution in [2.24, 2.45) is 0 Å². The third-order valence-electron chi connectivity index (χ3n) is 2.07. The van der Waals surface area contributed by atoms with Crippen molar-refractivity contribution < 1.29 is 9.90 Å². The minimum absolute atomic E-state index is 0.233. The molecule has 6 nitrogen and oxygen atoms in total. The van der Waals surface area contributed by atoms with E-state index >= 15 is 0 Å². The third kappa shape index (κ3) is 1.65. The van der Waals surface area contributed by atoms with Crippen LogP contribution in [0.5, 0.6) is 0 Å². The molecule has 0 saturated carbocycles. The summed E-state index contributed by atoms with van der Waals surface area (Å²) >= 11 is 0. The molecule has 0 amide bonds. The van der Waals surface area contributed by atoms with Crippen LogP contribution in [0.3, 0.4) is 0 Å². The highest BCUT2D eigenvalue weighted by Crippen LogP contribution is 2.12. The summed E-state index contributed by atoms with van der Waals surface area (Å²) in [6, 6.07) is 0. The van der Waals surface area contributed by atoms with E-state index in [2.05, 4.69) is 15.1 Å². The Morgan fingerprint density at radius 2 is 2.27 bits per heavy atom. The quantitative estimate of drug-likeness (QED) is 0.791. The summed E-state index contributed by atoms with van der Waals surface area (Å²) in [5.41, 5.74) is 0.990. The molecule has 15 heavy (non-hydrogen) atoms. The summed E-state index contributed by atoms with van der Waals surface area (Å²) in [5, 5.41) is 12.5. The van der Waals surface area contributed by atoms with E-state index in [9.17, 15) is 4.79 Å². The number of aromatic carboxylic acids is 1. The number of carboxylic acids is 1. The lowest BCUT2D eigenvalue weighted by atomic mass is 10.1. The van der Waals surface area contributed by atoms with E-state index in [0.717, 1.165) is 5.56 Å². The lowest BCUT2D eigenvalue weighted by molar-refractivity contribution is 0.0684. The van der Waals surface area contributed by atoms with Crippen LogP contribution in [0.25, 0.3) is 5.78 Å². The van der Waals surface area contributed by atoms with Crippen LogP contribution in [0.15, 0.2) is 12.4 Å².